The van der Waals surface area contributed by atoms with Gasteiger partial charge in [-0.05, 0) is 98.4 Å². The van der Waals surface area contributed by atoms with E-state index < -0.39 is 103 Å². The molecule has 0 radical (unpaired) electrons. The monoisotopic (exact) mass is 852 g/mol. The van der Waals surface area contributed by atoms with Gasteiger partial charge in [0.2, 0.25) is 0 Å². The number of aliphatic hydroxyl groups is 6. The SMILES string of the molecule is CC(=O)O[C@@H](C[C@@H]1C=C(C)C(=O)O1)[C@H](C)[C@H]1CCC2[C@@]3(C)CC[C@H](O[C@@H]4O[C@H](CO)[C@@H](O)[C@H](O)[C@H]4O[C@@H]4O[C@@H](C)[C@H](O)[C@@H](O)[C@H]4O)C(C)(C)C3CC[C@@]2(C)[C@@]12COC(=O)C2. The second-order valence-electron chi connectivity index (χ2n) is 20.3. The van der Waals surface area contributed by atoms with Crippen molar-refractivity contribution in [2.45, 2.75) is 186 Å². The van der Waals surface area contributed by atoms with Gasteiger partial charge in [-0.2, -0.15) is 0 Å². The minimum atomic E-state index is -1.68. The zero-order valence-corrected chi connectivity index (χ0v) is 36.2. The van der Waals surface area contributed by atoms with Crippen molar-refractivity contribution in [1.82, 2.24) is 0 Å². The summed E-state index contributed by atoms with van der Waals surface area (Å²) in [5, 5.41) is 63.8. The summed E-state index contributed by atoms with van der Waals surface area (Å²) < 4.78 is 42.1. The van der Waals surface area contributed by atoms with Crippen LogP contribution in [-0.2, 0) is 47.5 Å². The number of ether oxygens (including phenoxy) is 7. The highest BCUT2D eigenvalue weighted by Gasteiger charge is 2.71. The Labute approximate surface area is 352 Å². The van der Waals surface area contributed by atoms with Crippen LogP contribution in [0.5, 0.6) is 0 Å². The van der Waals surface area contributed by atoms with Crippen LogP contribution in [0, 0.1) is 45.3 Å². The zero-order chi connectivity index (χ0) is 43.9. The average molecular weight is 853 g/mol. The van der Waals surface area contributed by atoms with E-state index in [4.69, 9.17) is 33.2 Å². The lowest BCUT2D eigenvalue weighted by Crippen LogP contribution is -2.67. The molecule has 6 N–H and O–H groups in total. The fourth-order valence-corrected chi connectivity index (χ4v) is 13.6. The topological polar surface area (TPSA) is 237 Å². The van der Waals surface area contributed by atoms with Crippen molar-refractivity contribution in [1.29, 1.82) is 0 Å². The van der Waals surface area contributed by atoms with Crippen molar-refractivity contribution in [3.8, 4) is 0 Å². The highest BCUT2D eigenvalue weighted by Crippen LogP contribution is 2.74. The predicted molar refractivity (Wildman–Crippen MR) is 209 cm³/mol. The number of carbonyl (C=O) groups excluding carboxylic acids is 3. The normalized spacial score (nSPS) is 48.6. The Bertz CT molecular complexity index is 1650. The molecule has 0 amide bonds. The molecule has 0 aromatic rings. The lowest BCUT2D eigenvalue weighted by Gasteiger charge is -2.70. The number of fused-ring (bicyclic) bond motifs is 4. The van der Waals surface area contributed by atoms with Gasteiger partial charge in [-0.1, -0.05) is 34.6 Å². The van der Waals surface area contributed by atoms with E-state index >= 15 is 0 Å². The van der Waals surface area contributed by atoms with Crippen LogP contribution in [0.3, 0.4) is 0 Å². The Balaban J connectivity index is 1.13. The summed E-state index contributed by atoms with van der Waals surface area (Å²) in [6, 6.07) is 0. The highest BCUT2D eigenvalue weighted by molar-refractivity contribution is 5.90. The molecule has 0 aromatic carbocycles. The first-order valence-electron chi connectivity index (χ1n) is 21.9. The molecule has 3 saturated heterocycles. The van der Waals surface area contributed by atoms with Crippen LogP contribution in [0.25, 0.3) is 0 Å². The minimum absolute atomic E-state index is 0.0229. The molecule has 4 aliphatic heterocycles. The molecule has 16 nitrogen and oxygen atoms in total. The van der Waals surface area contributed by atoms with Gasteiger partial charge in [-0.15, -0.1) is 0 Å². The van der Waals surface area contributed by atoms with Crippen molar-refractivity contribution in [3.05, 3.63) is 11.6 Å². The van der Waals surface area contributed by atoms with Crippen LogP contribution >= 0.6 is 0 Å². The standard InChI is InChI=1S/C44H68O16/c1-20-15-24(57-38(20)53)16-26(56-23(4)46)21(2)25-9-10-29-42(7)13-12-30(41(5,6)28(42)11-14-43(29,8)44(25)17-31(47)54-19-44)59-40-37(35(51)33(49)27(18-45)58-40)60-39-36(52)34(50)32(48)22(3)55-39/h15,21-22,24-30,32-37,39-40,45,48-52H,9-14,16-19H2,1-8H3/t21-,22+,24+,25-,26+,27-,28?,29?,30+,32+,33-,34-,35+,36-,37-,39+,40+,42+,43-,44+/m1/s1. The molecule has 3 aliphatic carbocycles. The molecule has 60 heavy (non-hydrogen) atoms. The van der Waals surface area contributed by atoms with E-state index in [0.29, 0.717) is 18.4 Å². The summed E-state index contributed by atoms with van der Waals surface area (Å²) in [5.41, 5.74) is -0.995. The second-order valence-corrected chi connectivity index (χ2v) is 20.3. The zero-order valence-electron chi connectivity index (χ0n) is 36.2. The largest absolute Gasteiger partial charge is 0.465 e. The molecule has 4 heterocycles. The van der Waals surface area contributed by atoms with Gasteiger partial charge >= 0.3 is 17.9 Å². The van der Waals surface area contributed by atoms with E-state index in [1.54, 1.807) is 13.0 Å². The minimum Gasteiger partial charge on any atom is -0.465 e. The molecular formula is C44H68O16. The van der Waals surface area contributed by atoms with Crippen LogP contribution in [0.15, 0.2) is 11.6 Å². The molecular weight excluding hydrogens is 784 g/mol. The molecule has 7 aliphatic rings. The van der Waals surface area contributed by atoms with Gasteiger partial charge in [0.05, 0.1) is 31.8 Å². The van der Waals surface area contributed by atoms with Crippen molar-refractivity contribution >= 4 is 17.9 Å². The summed E-state index contributed by atoms with van der Waals surface area (Å²) in [6.45, 7) is 15.4. The summed E-state index contributed by atoms with van der Waals surface area (Å²) in [6.07, 6.45) is -8.62. The Morgan fingerprint density at radius 2 is 1.60 bits per heavy atom. The van der Waals surface area contributed by atoms with Crippen LogP contribution in [0.1, 0.15) is 107 Å². The lowest BCUT2D eigenvalue weighted by atomic mass is 9.34. The molecule has 20 atom stereocenters. The summed E-state index contributed by atoms with van der Waals surface area (Å²) in [4.78, 5) is 38.1. The maximum atomic E-state index is 13.3. The Hall–Kier alpha value is -2.25. The molecule has 340 valence electrons. The summed E-state index contributed by atoms with van der Waals surface area (Å²) in [7, 11) is 0. The third-order valence-corrected chi connectivity index (χ3v) is 16.8. The second kappa shape index (κ2) is 16.7. The van der Waals surface area contributed by atoms with Crippen molar-refractivity contribution in [2.75, 3.05) is 13.2 Å². The predicted octanol–water partition coefficient (Wildman–Crippen LogP) is 2.06. The number of carbonyl (C=O) groups is 3. The fourth-order valence-electron chi connectivity index (χ4n) is 13.6. The van der Waals surface area contributed by atoms with E-state index in [-0.39, 0.29) is 59.5 Å². The molecule has 7 rings (SSSR count). The van der Waals surface area contributed by atoms with E-state index in [2.05, 4.69) is 34.6 Å². The van der Waals surface area contributed by atoms with Gasteiger partial charge in [-0.3, -0.25) is 9.59 Å². The van der Waals surface area contributed by atoms with Crippen molar-refractivity contribution in [2.24, 2.45) is 45.3 Å². The Morgan fingerprint density at radius 1 is 0.883 bits per heavy atom. The van der Waals surface area contributed by atoms with Gasteiger partial charge < -0.3 is 63.8 Å². The highest BCUT2D eigenvalue weighted by atomic mass is 16.8. The number of rotatable bonds is 10. The summed E-state index contributed by atoms with van der Waals surface area (Å²) >= 11 is 0. The third-order valence-electron chi connectivity index (χ3n) is 16.8. The average Bonchev–Trinajstić information content (AvgIpc) is 3.73. The van der Waals surface area contributed by atoms with E-state index in [1.807, 2.05) is 0 Å². The number of aliphatic hydroxyl groups excluding tert-OH is 6. The van der Waals surface area contributed by atoms with Crippen molar-refractivity contribution in [3.63, 3.8) is 0 Å². The van der Waals surface area contributed by atoms with Gasteiger partial charge in [0.25, 0.3) is 0 Å². The number of hydrogen-bond acceptors (Lipinski definition) is 16. The molecule has 3 saturated carbocycles. The van der Waals surface area contributed by atoms with Gasteiger partial charge in [0.1, 0.15) is 54.9 Å². The number of esters is 3. The van der Waals surface area contributed by atoms with Crippen LogP contribution in [0.4, 0.5) is 0 Å². The van der Waals surface area contributed by atoms with E-state index in [1.165, 1.54) is 13.8 Å². The number of hydrogen-bond donors (Lipinski definition) is 6. The molecule has 2 unspecified atom stereocenters. The first-order chi connectivity index (χ1) is 28.1. The molecule has 0 aromatic heterocycles. The molecule has 0 bridgehead atoms. The van der Waals surface area contributed by atoms with Crippen LogP contribution < -0.4 is 0 Å². The van der Waals surface area contributed by atoms with Crippen molar-refractivity contribution < 1.29 is 78.2 Å². The van der Waals surface area contributed by atoms with Gasteiger partial charge in [0.15, 0.2) is 12.6 Å². The maximum absolute atomic E-state index is 13.3. The smallest absolute Gasteiger partial charge is 0.334 e. The van der Waals surface area contributed by atoms with E-state index in [0.717, 1.165) is 32.1 Å². The quantitative estimate of drug-likeness (QED) is 0.105. The lowest BCUT2D eigenvalue weighted by molar-refractivity contribution is -0.376. The van der Waals surface area contributed by atoms with Crippen LogP contribution in [0.2, 0.25) is 0 Å². The molecule has 16 heteroatoms. The Kier molecular flexibility index (Phi) is 12.7. The maximum Gasteiger partial charge on any atom is 0.334 e. The van der Waals surface area contributed by atoms with Gasteiger partial charge in [-0.25, -0.2) is 4.79 Å². The molecule has 6 fully saturated rings. The number of cyclic esters (lactones) is 2. The van der Waals surface area contributed by atoms with Crippen LogP contribution in [-0.4, -0.2) is 141 Å². The fraction of sp³-hybridized carbons (Fsp3) is 0.886. The van der Waals surface area contributed by atoms with E-state index in [9.17, 15) is 45.0 Å². The third kappa shape index (κ3) is 7.55. The first-order valence-corrected chi connectivity index (χ1v) is 21.9. The summed E-state index contributed by atoms with van der Waals surface area (Å²) in [5.74, 6) is -0.875. The first kappa shape index (κ1) is 45.8. The Morgan fingerprint density at radius 3 is 2.22 bits per heavy atom. The van der Waals surface area contributed by atoms with Gasteiger partial charge in [0, 0.05) is 24.3 Å². The molecule has 1 spiro atoms.